The molecule has 1 aliphatic rings. The Hall–Kier alpha value is -0.630. The molecule has 0 fully saturated rings. The summed E-state index contributed by atoms with van der Waals surface area (Å²) >= 11 is 0. The van der Waals surface area contributed by atoms with Gasteiger partial charge in [-0.1, -0.05) is 195 Å². The Kier molecular flexibility index (Phi) is 31.0. The number of amidine groups is 1. The quantitative estimate of drug-likeness (QED) is 0.0360. The Morgan fingerprint density at radius 1 is 0.370 bits per heavy atom. The van der Waals surface area contributed by atoms with Crippen LogP contribution in [0.25, 0.3) is 0 Å². The molecule has 0 aromatic heterocycles. The summed E-state index contributed by atoms with van der Waals surface area (Å²) in [5, 5.41) is 0. The first kappa shape index (κ1) is 43.4. The number of nitrogens with zero attached hydrogens (tertiary/aromatic N) is 2. The highest BCUT2D eigenvalue weighted by molar-refractivity contribution is 5.72. The lowest BCUT2D eigenvalue weighted by molar-refractivity contribution is -0.801. The first-order valence-corrected chi connectivity index (χ1v) is 21.9. The lowest BCUT2D eigenvalue weighted by atomic mass is 10.0. The Morgan fingerprint density at radius 3 is 1.04 bits per heavy atom. The zero-order chi connectivity index (χ0) is 33.2. The molecule has 0 radical (unpaired) electrons. The second kappa shape index (κ2) is 32.9. The van der Waals surface area contributed by atoms with E-state index in [0.29, 0.717) is 0 Å². The van der Waals surface area contributed by atoms with Gasteiger partial charge in [-0.05, 0) is 38.5 Å². The molecule has 0 amide bonds. The second-order valence-electron chi connectivity index (χ2n) is 15.4. The van der Waals surface area contributed by atoms with Gasteiger partial charge in [0.2, 0.25) is 6.20 Å². The maximum Gasteiger partial charge on any atom is 0.348 e. The molecule has 0 bridgehead atoms. The number of quaternary nitrogens is 1. The van der Waals surface area contributed by atoms with E-state index < -0.39 is 0 Å². The van der Waals surface area contributed by atoms with Gasteiger partial charge >= 0.3 is 5.84 Å². The summed E-state index contributed by atoms with van der Waals surface area (Å²) in [6.07, 6.45) is 53.6. The van der Waals surface area contributed by atoms with E-state index in [1.54, 1.807) is 5.84 Å². The highest BCUT2D eigenvalue weighted by Crippen LogP contribution is 2.26. The van der Waals surface area contributed by atoms with Gasteiger partial charge in [-0.25, -0.2) is 4.48 Å². The predicted molar refractivity (Wildman–Crippen MR) is 209 cm³/mol. The Morgan fingerprint density at radius 2 is 0.674 bits per heavy atom. The normalized spacial score (nSPS) is 16.3. The Balaban J connectivity index is 2.77. The highest BCUT2D eigenvalue weighted by Gasteiger charge is 2.42. The average molecular weight is 645 g/mol. The number of rotatable bonds is 37. The van der Waals surface area contributed by atoms with Crippen LogP contribution in [0, 0.1) is 0 Å². The van der Waals surface area contributed by atoms with Gasteiger partial charge in [-0.15, -0.1) is 0 Å². The Labute approximate surface area is 292 Å². The minimum atomic E-state index is 1.21. The van der Waals surface area contributed by atoms with E-state index in [9.17, 15) is 0 Å². The topological polar surface area (TPSA) is 3.01 Å². The van der Waals surface area contributed by atoms with Crippen molar-refractivity contribution in [1.29, 1.82) is 0 Å². The highest BCUT2D eigenvalue weighted by atomic mass is 15.4. The van der Waals surface area contributed by atoms with E-state index in [2.05, 4.69) is 44.7 Å². The van der Waals surface area contributed by atoms with E-state index in [-0.39, 0.29) is 0 Å². The van der Waals surface area contributed by atoms with Gasteiger partial charge in [0.1, 0.15) is 0 Å². The van der Waals surface area contributed by atoms with E-state index in [1.807, 2.05) is 0 Å². The molecule has 46 heavy (non-hydrogen) atoms. The summed E-state index contributed by atoms with van der Waals surface area (Å²) in [5.74, 6) is 1.79. The SMILES string of the molecule is CCCCCCCCCCCC1=[N+](CCCCCCCCCCC)C=C[N+]1(CCCCCCCCC)CCCCCCCCCC. The van der Waals surface area contributed by atoms with Gasteiger partial charge in [0.15, 0.2) is 12.7 Å². The summed E-state index contributed by atoms with van der Waals surface area (Å²) in [6, 6.07) is 0. The first-order valence-electron chi connectivity index (χ1n) is 21.9. The molecule has 272 valence electrons. The maximum absolute atomic E-state index is 2.78. The van der Waals surface area contributed by atoms with Gasteiger partial charge in [-0.3, -0.25) is 0 Å². The smallest absolute Gasteiger partial charge is 0.209 e. The van der Waals surface area contributed by atoms with Gasteiger partial charge < -0.3 is 0 Å². The van der Waals surface area contributed by atoms with E-state index in [4.69, 9.17) is 0 Å². The first-order chi connectivity index (χ1) is 22.7. The fourth-order valence-electron chi connectivity index (χ4n) is 7.79. The molecule has 1 aliphatic heterocycles. The fourth-order valence-corrected chi connectivity index (χ4v) is 7.79. The molecule has 0 aromatic carbocycles. The van der Waals surface area contributed by atoms with Crippen molar-refractivity contribution in [2.45, 2.75) is 246 Å². The summed E-state index contributed by atoms with van der Waals surface area (Å²) < 4.78 is 3.98. The fraction of sp³-hybridized carbons (Fsp3) is 0.932. The molecular weight excluding hydrogens is 556 g/mol. The van der Waals surface area contributed by atoms with Crippen LogP contribution >= 0.6 is 0 Å². The third-order valence-corrected chi connectivity index (χ3v) is 11.0. The maximum atomic E-state index is 2.78. The van der Waals surface area contributed by atoms with Crippen molar-refractivity contribution in [3.63, 3.8) is 0 Å². The van der Waals surface area contributed by atoms with Gasteiger partial charge in [0.05, 0.1) is 19.5 Å². The zero-order valence-electron chi connectivity index (χ0n) is 32.7. The largest absolute Gasteiger partial charge is 0.348 e. The third-order valence-electron chi connectivity index (χ3n) is 11.0. The van der Waals surface area contributed by atoms with Crippen LogP contribution < -0.4 is 0 Å². The molecule has 1 heterocycles. The molecule has 1 rings (SSSR count). The molecule has 0 saturated carbocycles. The molecule has 2 nitrogen and oxygen atoms in total. The third kappa shape index (κ3) is 22.9. The molecule has 1 atom stereocenters. The molecule has 1 unspecified atom stereocenters. The molecule has 0 aromatic rings. The average Bonchev–Trinajstić information content (AvgIpc) is 3.40. The minimum Gasteiger partial charge on any atom is -0.209 e. The number of unbranched alkanes of at least 4 members (excludes halogenated alkanes) is 29. The van der Waals surface area contributed by atoms with Gasteiger partial charge in [0.25, 0.3) is 0 Å². The minimum absolute atomic E-state index is 1.21. The van der Waals surface area contributed by atoms with Crippen LogP contribution in [0.1, 0.15) is 246 Å². The summed E-state index contributed by atoms with van der Waals surface area (Å²) in [6.45, 7) is 13.3. The van der Waals surface area contributed by atoms with E-state index >= 15 is 0 Å². The van der Waals surface area contributed by atoms with Crippen molar-refractivity contribution in [3.8, 4) is 0 Å². The van der Waals surface area contributed by atoms with Crippen LogP contribution in [-0.4, -0.2) is 34.5 Å². The summed E-state index contributed by atoms with van der Waals surface area (Å²) in [5.41, 5.74) is 0. The molecular formula is C44H88N2+2. The lowest BCUT2D eigenvalue weighted by Crippen LogP contribution is -2.50. The second-order valence-corrected chi connectivity index (χ2v) is 15.4. The Bertz CT molecular complexity index is 694. The summed E-state index contributed by atoms with van der Waals surface area (Å²) in [7, 11) is 0. The standard InChI is InChI=1S/C44H88N2/c1-5-9-13-17-21-24-26-30-34-38-44-45(39-35-31-27-25-22-18-14-10-6-2)40-43-46(44,41-36-32-28-20-16-12-8-4)42-37-33-29-23-19-15-11-7-3/h40,43H,5-39,41-42H2,1-4H3/q+2. The van der Waals surface area contributed by atoms with Crippen molar-refractivity contribution >= 4 is 5.84 Å². The molecule has 0 N–H and O–H groups in total. The van der Waals surface area contributed by atoms with Crippen molar-refractivity contribution in [2.24, 2.45) is 0 Å². The summed E-state index contributed by atoms with van der Waals surface area (Å²) in [4.78, 5) is 0. The molecule has 0 spiro atoms. The van der Waals surface area contributed by atoms with Crippen LogP contribution in [-0.2, 0) is 0 Å². The van der Waals surface area contributed by atoms with E-state index in [1.165, 1.54) is 242 Å². The van der Waals surface area contributed by atoms with Crippen LogP contribution in [0.4, 0.5) is 0 Å². The van der Waals surface area contributed by atoms with Crippen molar-refractivity contribution < 1.29 is 9.06 Å². The predicted octanol–water partition coefficient (Wildman–Crippen LogP) is 15.0. The van der Waals surface area contributed by atoms with Gasteiger partial charge in [-0.2, -0.15) is 4.58 Å². The van der Waals surface area contributed by atoms with Crippen molar-refractivity contribution in [2.75, 3.05) is 19.6 Å². The van der Waals surface area contributed by atoms with Crippen LogP contribution in [0.3, 0.4) is 0 Å². The van der Waals surface area contributed by atoms with Crippen molar-refractivity contribution in [3.05, 3.63) is 12.4 Å². The monoisotopic (exact) mass is 645 g/mol. The molecule has 2 heteroatoms. The zero-order valence-corrected chi connectivity index (χ0v) is 32.7. The van der Waals surface area contributed by atoms with Crippen LogP contribution in [0.2, 0.25) is 0 Å². The number of hydrogen-bond acceptors (Lipinski definition) is 0. The lowest BCUT2D eigenvalue weighted by Gasteiger charge is -2.29. The van der Waals surface area contributed by atoms with E-state index in [0.717, 1.165) is 0 Å². The number of hydrogen-bond donors (Lipinski definition) is 0. The van der Waals surface area contributed by atoms with Crippen molar-refractivity contribution in [1.82, 2.24) is 0 Å². The molecule has 0 saturated heterocycles. The van der Waals surface area contributed by atoms with Gasteiger partial charge in [0, 0.05) is 6.42 Å². The van der Waals surface area contributed by atoms with Crippen LogP contribution in [0.15, 0.2) is 12.4 Å². The van der Waals surface area contributed by atoms with Crippen LogP contribution in [0.5, 0.6) is 0 Å². The molecule has 0 aliphatic carbocycles.